The normalized spacial score (nSPS) is 22.2. The molecule has 0 bridgehead atoms. The van der Waals surface area contributed by atoms with Crippen molar-refractivity contribution < 1.29 is 8.78 Å². The molecule has 1 heterocycles. The molecule has 110 valence electrons. The Hall–Kier alpha value is -1.45. The zero-order chi connectivity index (χ0) is 14.8. The summed E-state index contributed by atoms with van der Waals surface area (Å²) >= 11 is 6.22. The van der Waals surface area contributed by atoms with Gasteiger partial charge in [0.05, 0.1) is 0 Å². The summed E-state index contributed by atoms with van der Waals surface area (Å²) in [5.74, 6) is -0.427. The average molecular weight is 308 g/mol. The van der Waals surface area contributed by atoms with Gasteiger partial charge in [0.2, 0.25) is 0 Å². The summed E-state index contributed by atoms with van der Waals surface area (Å²) in [6, 6.07) is 11.2. The Balaban J connectivity index is 2.00. The molecule has 0 saturated carbocycles. The molecule has 1 aliphatic heterocycles. The molecule has 0 aliphatic carbocycles. The third-order valence-electron chi connectivity index (χ3n) is 4.15. The fraction of sp³-hybridized carbons (Fsp3) is 0.294. The molecule has 0 aromatic heterocycles. The van der Waals surface area contributed by atoms with E-state index in [2.05, 4.69) is 5.32 Å². The average Bonchev–Trinajstić information content (AvgIpc) is 2.48. The van der Waals surface area contributed by atoms with E-state index in [1.165, 1.54) is 18.2 Å². The molecule has 21 heavy (non-hydrogen) atoms. The number of piperidine rings is 1. The maximum Gasteiger partial charge on any atom is 0.128 e. The molecule has 1 aliphatic rings. The lowest BCUT2D eigenvalue weighted by atomic mass is 9.77. The van der Waals surface area contributed by atoms with E-state index in [1.807, 2.05) is 0 Å². The maximum atomic E-state index is 14.2. The standard InChI is InChI=1S/C17H16ClF2N/c18-15-2-1-3-16(20)17(15)13-8-9-21-10-14(13)11-4-6-12(19)7-5-11/h1-7,13-14,21H,8-10H2. The van der Waals surface area contributed by atoms with Crippen molar-refractivity contribution in [3.05, 3.63) is 70.2 Å². The lowest BCUT2D eigenvalue weighted by Gasteiger charge is -2.33. The van der Waals surface area contributed by atoms with Gasteiger partial charge in [0.25, 0.3) is 0 Å². The summed E-state index contributed by atoms with van der Waals surface area (Å²) in [5, 5.41) is 3.79. The molecule has 1 nitrogen and oxygen atoms in total. The van der Waals surface area contributed by atoms with Gasteiger partial charge in [-0.2, -0.15) is 0 Å². The van der Waals surface area contributed by atoms with Crippen LogP contribution in [0.5, 0.6) is 0 Å². The van der Waals surface area contributed by atoms with Crippen LogP contribution in [0.25, 0.3) is 0 Å². The van der Waals surface area contributed by atoms with Gasteiger partial charge in [-0.15, -0.1) is 0 Å². The van der Waals surface area contributed by atoms with E-state index in [1.54, 1.807) is 24.3 Å². The van der Waals surface area contributed by atoms with E-state index in [0.29, 0.717) is 10.6 Å². The zero-order valence-electron chi connectivity index (χ0n) is 11.5. The quantitative estimate of drug-likeness (QED) is 0.862. The maximum absolute atomic E-state index is 14.2. The van der Waals surface area contributed by atoms with Crippen molar-refractivity contribution in [1.82, 2.24) is 5.32 Å². The van der Waals surface area contributed by atoms with Crippen LogP contribution in [0, 0.1) is 11.6 Å². The fourth-order valence-corrected chi connectivity index (χ4v) is 3.43. The Kier molecular flexibility index (Phi) is 4.22. The lowest BCUT2D eigenvalue weighted by molar-refractivity contribution is 0.393. The van der Waals surface area contributed by atoms with Gasteiger partial charge in [-0.05, 0) is 48.7 Å². The fourth-order valence-electron chi connectivity index (χ4n) is 3.13. The van der Waals surface area contributed by atoms with Gasteiger partial charge in [-0.3, -0.25) is 0 Å². The molecule has 0 spiro atoms. The van der Waals surface area contributed by atoms with Crippen LogP contribution in [-0.2, 0) is 0 Å². The van der Waals surface area contributed by atoms with Crippen LogP contribution < -0.4 is 5.32 Å². The molecular weight excluding hydrogens is 292 g/mol. The first-order valence-electron chi connectivity index (χ1n) is 7.07. The molecule has 4 heteroatoms. The molecule has 2 atom stereocenters. The van der Waals surface area contributed by atoms with Crippen molar-refractivity contribution in [3.63, 3.8) is 0 Å². The summed E-state index contributed by atoms with van der Waals surface area (Å²) in [6.45, 7) is 1.56. The lowest BCUT2D eigenvalue weighted by Crippen LogP contribution is -2.34. The Morgan fingerprint density at radius 2 is 1.76 bits per heavy atom. The van der Waals surface area contributed by atoms with Crippen LogP contribution in [0.4, 0.5) is 8.78 Å². The van der Waals surface area contributed by atoms with Crippen molar-refractivity contribution in [2.45, 2.75) is 18.3 Å². The third kappa shape index (κ3) is 2.94. The second-order valence-corrected chi connectivity index (χ2v) is 5.80. The predicted octanol–water partition coefficient (Wildman–Crippen LogP) is 4.48. The van der Waals surface area contributed by atoms with E-state index in [4.69, 9.17) is 11.6 Å². The van der Waals surface area contributed by atoms with Gasteiger partial charge >= 0.3 is 0 Å². The van der Waals surface area contributed by atoms with Crippen LogP contribution in [-0.4, -0.2) is 13.1 Å². The Morgan fingerprint density at radius 3 is 2.48 bits per heavy atom. The Bertz CT molecular complexity index is 607. The van der Waals surface area contributed by atoms with Gasteiger partial charge in [0.1, 0.15) is 11.6 Å². The molecule has 1 fully saturated rings. The van der Waals surface area contributed by atoms with Gasteiger partial charge in [-0.1, -0.05) is 29.8 Å². The van der Waals surface area contributed by atoms with Crippen molar-refractivity contribution >= 4 is 11.6 Å². The van der Waals surface area contributed by atoms with Gasteiger partial charge in [-0.25, -0.2) is 8.78 Å². The smallest absolute Gasteiger partial charge is 0.128 e. The number of rotatable bonds is 2. The zero-order valence-corrected chi connectivity index (χ0v) is 12.2. The minimum absolute atomic E-state index is 0.00501. The largest absolute Gasteiger partial charge is 0.316 e. The number of hydrogen-bond donors (Lipinski definition) is 1. The first-order valence-corrected chi connectivity index (χ1v) is 7.44. The highest BCUT2D eigenvalue weighted by atomic mass is 35.5. The number of benzene rings is 2. The first kappa shape index (κ1) is 14.5. The van der Waals surface area contributed by atoms with Crippen molar-refractivity contribution in [2.75, 3.05) is 13.1 Å². The van der Waals surface area contributed by atoms with Crippen LogP contribution in [0.15, 0.2) is 42.5 Å². The minimum atomic E-state index is -0.262. The van der Waals surface area contributed by atoms with Crippen LogP contribution in [0.1, 0.15) is 29.4 Å². The molecule has 3 rings (SSSR count). The van der Waals surface area contributed by atoms with Crippen molar-refractivity contribution in [2.24, 2.45) is 0 Å². The summed E-state index contributed by atoms with van der Waals surface area (Å²) in [5.41, 5.74) is 1.59. The topological polar surface area (TPSA) is 12.0 Å². The molecule has 0 radical (unpaired) electrons. The molecule has 1 N–H and O–H groups in total. The van der Waals surface area contributed by atoms with E-state index in [-0.39, 0.29) is 23.5 Å². The third-order valence-corrected chi connectivity index (χ3v) is 4.48. The summed E-state index contributed by atoms with van der Waals surface area (Å²) in [7, 11) is 0. The molecular formula is C17H16ClF2N. The van der Waals surface area contributed by atoms with Crippen molar-refractivity contribution in [3.8, 4) is 0 Å². The monoisotopic (exact) mass is 307 g/mol. The second kappa shape index (κ2) is 6.12. The summed E-state index contributed by atoms with van der Waals surface area (Å²) < 4.78 is 27.3. The second-order valence-electron chi connectivity index (χ2n) is 5.39. The van der Waals surface area contributed by atoms with Crippen LogP contribution in [0.2, 0.25) is 5.02 Å². The first-order chi connectivity index (χ1) is 10.2. The van der Waals surface area contributed by atoms with Crippen molar-refractivity contribution in [1.29, 1.82) is 0 Å². The van der Waals surface area contributed by atoms with Crippen LogP contribution in [0.3, 0.4) is 0 Å². The Labute approximate surface area is 127 Å². The van der Waals surface area contributed by atoms with Gasteiger partial charge in [0, 0.05) is 23.0 Å². The molecule has 0 amide bonds. The number of nitrogens with one attached hydrogen (secondary N) is 1. The molecule has 2 unspecified atom stereocenters. The van der Waals surface area contributed by atoms with E-state index >= 15 is 0 Å². The van der Waals surface area contributed by atoms with E-state index in [0.717, 1.165) is 25.1 Å². The predicted molar refractivity (Wildman–Crippen MR) is 80.8 cm³/mol. The molecule has 2 aromatic carbocycles. The minimum Gasteiger partial charge on any atom is -0.316 e. The summed E-state index contributed by atoms with van der Waals surface area (Å²) in [4.78, 5) is 0. The highest BCUT2D eigenvalue weighted by Gasteiger charge is 2.31. The van der Waals surface area contributed by atoms with Crippen LogP contribution >= 0.6 is 11.6 Å². The van der Waals surface area contributed by atoms with Gasteiger partial charge < -0.3 is 5.32 Å². The highest BCUT2D eigenvalue weighted by molar-refractivity contribution is 6.31. The Morgan fingerprint density at radius 1 is 1.00 bits per heavy atom. The van der Waals surface area contributed by atoms with Gasteiger partial charge in [0.15, 0.2) is 0 Å². The number of halogens is 3. The van der Waals surface area contributed by atoms with E-state index < -0.39 is 0 Å². The molecule has 2 aromatic rings. The molecule has 1 saturated heterocycles. The highest BCUT2D eigenvalue weighted by Crippen LogP contribution is 2.41. The SMILES string of the molecule is Fc1ccc(C2CNCCC2c2c(F)cccc2Cl)cc1. The summed E-state index contributed by atoms with van der Waals surface area (Å²) in [6.07, 6.45) is 0.808. The number of hydrogen-bond acceptors (Lipinski definition) is 1. The van der Waals surface area contributed by atoms with E-state index in [9.17, 15) is 8.78 Å².